The number of hydrogen-bond acceptors (Lipinski definition) is 4. The first-order valence-electron chi connectivity index (χ1n) is 4.04. The van der Waals surface area contributed by atoms with Crippen molar-refractivity contribution < 1.29 is 5.11 Å². The molecule has 14 heavy (non-hydrogen) atoms. The molecule has 0 aliphatic rings. The molecule has 0 saturated carbocycles. The van der Waals surface area contributed by atoms with Crippen LogP contribution >= 0.6 is 38.6 Å². The van der Waals surface area contributed by atoms with Crippen LogP contribution in [0, 0.1) is 0 Å². The molecule has 0 aliphatic heterocycles. The fourth-order valence-corrected chi connectivity index (χ4v) is 3.43. The summed E-state index contributed by atoms with van der Waals surface area (Å²) in [4.78, 5) is 5.48. The maximum atomic E-state index is 9.33. The van der Waals surface area contributed by atoms with E-state index < -0.39 is 6.10 Å². The van der Waals surface area contributed by atoms with Crippen LogP contribution in [0.25, 0.3) is 9.88 Å². The minimum Gasteiger partial charge on any atom is -0.387 e. The van der Waals surface area contributed by atoms with Crippen LogP contribution < -0.4 is 0 Å². The maximum Gasteiger partial charge on any atom is 0.133 e. The molecule has 0 aliphatic carbocycles. The van der Waals surface area contributed by atoms with Crippen molar-refractivity contribution in [2.45, 2.75) is 13.0 Å². The lowest BCUT2D eigenvalue weighted by Crippen LogP contribution is -1.89. The van der Waals surface area contributed by atoms with E-state index in [0.717, 1.165) is 20.1 Å². The van der Waals surface area contributed by atoms with E-state index in [2.05, 4.69) is 20.9 Å². The molecule has 1 N–H and O–H groups in total. The average Bonchev–Trinajstić information content (AvgIpc) is 2.70. The highest BCUT2D eigenvalue weighted by Crippen LogP contribution is 2.32. The van der Waals surface area contributed by atoms with E-state index in [9.17, 15) is 5.11 Å². The Morgan fingerprint density at radius 3 is 2.71 bits per heavy atom. The summed E-state index contributed by atoms with van der Waals surface area (Å²) in [7, 11) is 0. The molecule has 2 heterocycles. The summed E-state index contributed by atoms with van der Waals surface area (Å²) < 4.78 is 1.08. The summed E-state index contributed by atoms with van der Waals surface area (Å²) in [6.45, 7) is 1.73. The van der Waals surface area contributed by atoms with Gasteiger partial charge in [-0.2, -0.15) is 0 Å². The van der Waals surface area contributed by atoms with Gasteiger partial charge in [0.2, 0.25) is 0 Å². The number of aliphatic hydroxyl groups excluding tert-OH is 1. The molecule has 0 fully saturated rings. The highest BCUT2D eigenvalue weighted by atomic mass is 79.9. The van der Waals surface area contributed by atoms with Gasteiger partial charge >= 0.3 is 0 Å². The van der Waals surface area contributed by atoms with Gasteiger partial charge in [0.05, 0.1) is 16.7 Å². The van der Waals surface area contributed by atoms with Gasteiger partial charge in [-0.3, -0.25) is 0 Å². The number of nitrogens with zero attached hydrogens (tertiary/aromatic N) is 1. The van der Waals surface area contributed by atoms with Crippen molar-refractivity contribution in [3.63, 3.8) is 0 Å². The molecule has 5 heteroatoms. The van der Waals surface area contributed by atoms with Crippen LogP contribution in [0.15, 0.2) is 21.3 Å². The number of aromatic nitrogens is 1. The zero-order valence-corrected chi connectivity index (χ0v) is 10.6. The van der Waals surface area contributed by atoms with Gasteiger partial charge in [-0.15, -0.1) is 22.7 Å². The van der Waals surface area contributed by atoms with Crippen LogP contribution in [-0.4, -0.2) is 10.1 Å². The van der Waals surface area contributed by atoms with Crippen LogP contribution in [-0.2, 0) is 0 Å². The normalized spacial score (nSPS) is 13.1. The Kier molecular flexibility index (Phi) is 3.02. The van der Waals surface area contributed by atoms with Gasteiger partial charge in [-0.25, -0.2) is 4.98 Å². The smallest absolute Gasteiger partial charge is 0.133 e. The second kappa shape index (κ2) is 4.10. The number of aliphatic hydroxyl groups is 1. The molecule has 2 rings (SSSR count). The van der Waals surface area contributed by atoms with Crippen LogP contribution in [0.1, 0.15) is 18.7 Å². The largest absolute Gasteiger partial charge is 0.387 e. The minimum absolute atomic E-state index is 0.483. The average molecular weight is 290 g/mol. The van der Waals surface area contributed by atoms with Gasteiger partial charge < -0.3 is 5.11 Å². The van der Waals surface area contributed by atoms with E-state index in [0.29, 0.717) is 0 Å². The van der Waals surface area contributed by atoms with E-state index in [1.54, 1.807) is 29.6 Å². The van der Waals surface area contributed by atoms with E-state index in [1.807, 2.05) is 16.8 Å². The van der Waals surface area contributed by atoms with Gasteiger partial charge in [0.15, 0.2) is 0 Å². The molecule has 74 valence electrons. The van der Waals surface area contributed by atoms with Crippen molar-refractivity contribution in [2.75, 3.05) is 0 Å². The molecule has 0 radical (unpaired) electrons. The Morgan fingerprint density at radius 1 is 1.43 bits per heavy atom. The van der Waals surface area contributed by atoms with Crippen molar-refractivity contribution in [3.05, 3.63) is 27.0 Å². The van der Waals surface area contributed by atoms with E-state index in [4.69, 9.17) is 0 Å². The maximum absolute atomic E-state index is 9.33. The Morgan fingerprint density at radius 2 is 2.21 bits per heavy atom. The number of thiazole rings is 1. The molecule has 2 nitrogen and oxygen atoms in total. The van der Waals surface area contributed by atoms with Crippen molar-refractivity contribution in [1.82, 2.24) is 4.98 Å². The third-order valence-corrected chi connectivity index (χ3v) is 4.45. The first-order valence-corrected chi connectivity index (χ1v) is 6.60. The lowest BCUT2D eigenvalue weighted by atomic mass is 10.3. The fourth-order valence-electron chi connectivity index (χ4n) is 1.02. The lowest BCUT2D eigenvalue weighted by molar-refractivity contribution is 0.195. The molecule has 2 aromatic rings. The zero-order valence-electron chi connectivity index (χ0n) is 7.40. The van der Waals surface area contributed by atoms with Gasteiger partial charge in [-0.1, -0.05) is 0 Å². The van der Waals surface area contributed by atoms with Gasteiger partial charge in [-0.05, 0) is 28.9 Å². The zero-order chi connectivity index (χ0) is 10.1. The van der Waals surface area contributed by atoms with Crippen molar-refractivity contribution in [1.29, 1.82) is 0 Å². The number of hydrogen-bond donors (Lipinski definition) is 1. The predicted octanol–water partition coefficient (Wildman–Crippen LogP) is 3.69. The number of rotatable bonds is 2. The summed E-state index contributed by atoms with van der Waals surface area (Å²) >= 11 is 6.61. The summed E-state index contributed by atoms with van der Waals surface area (Å²) in [6.07, 6.45) is -0.483. The summed E-state index contributed by atoms with van der Waals surface area (Å²) in [6, 6.07) is 2.04. The lowest BCUT2D eigenvalue weighted by Gasteiger charge is -1.95. The molecule has 1 atom stereocenters. The van der Waals surface area contributed by atoms with Crippen LogP contribution in [0.2, 0.25) is 0 Å². The van der Waals surface area contributed by atoms with E-state index in [-0.39, 0.29) is 0 Å². The monoisotopic (exact) mass is 289 g/mol. The quantitative estimate of drug-likeness (QED) is 0.915. The Labute approximate surface area is 98.4 Å². The van der Waals surface area contributed by atoms with E-state index in [1.165, 1.54) is 0 Å². The predicted molar refractivity (Wildman–Crippen MR) is 63.8 cm³/mol. The molecule has 0 bridgehead atoms. The molecule has 2 aromatic heterocycles. The Bertz CT molecular complexity index is 435. The molecule has 0 spiro atoms. The SMILES string of the molecule is CC(O)c1csc(-c2cc(Br)cs2)n1. The third kappa shape index (κ3) is 2.06. The van der Waals surface area contributed by atoms with Crippen LogP contribution in [0.4, 0.5) is 0 Å². The molecule has 0 amide bonds. The standard InChI is InChI=1S/C9H8BrNOS2/c1-5(12)7-4-14-9(11-7)8-2-6(10)3-13-8/h2-5,12H,1H3. The number of halogens is 1. The molecular weight excluding hydrogens is 282 g/mol. The third-order valence-electron chi connectivity index (χ3n) is 1.73. The highest BCUT2D eigenvalue weighted by Gasteiger charge is 2.09. The van der Waals surface area contributed by atoms with Gasteiger partial charge in [0.1, 0.15) is 5.01 Å². The van der Waals surface area contributed by atoms with Gasteiger partial charge in [0, 0.05) is 15.2 Å². The second-order valence-corrected chi connectivity index (χ2v) is 5.57. The van der Waals surface area contributed by atoms with Crippen molar-refractivity contribution >= 4 is 38.6 Å². The Balaban J connectivity index is 2.33. The topological polar surface area (TPSA) is 33.1 Å². The fraction of sp³-hybridized carbons (Fsp3) is 0.222. The number of thiophene rings is 1. The first-order chi connectivity index (χ1) is 6.66. The second-order valence-electron chi connectivity index (χ2n) is 2.88. The minimum atomic E-state index is -0.483. The van der Waals surface area contributed by atoms with Crippen LogP contribution in [0.3, 0.4) is 0 Å². The van der Waals surface area contributed by atoms with Crippen LogP contribution in [0.5, 0.6) is 0 Å². The molecule has 0 saturated heterocycles. The summed E-state index contributed by atoms with van der Waals surface area (Å²) in [5.41, 5.74) is 0.745. The first kappa shape index (κ1) is 10.3. The van der Waals surface area contributed by atoms with Crippen molar-refractivity contribution in [2.24, 2.45) is 0 Å². The molecular formula is C9H8BrNOS2. The summed E-state index contributed by atoms with van der Waals surface area (Å²) in [5, 5.41) is 14.2. The molecule has 1 unspecified atom stereocenters. The molecule has 0 aromatic carbocycles. The summed E-state index contributed by atoms with van der Waals surface area (Å²) in [5.74, 6) is 0. The van der Waals surface area contributed by atoms with E-state index >= 15 is 0 Å². The van der Waals surface area contributed by atoms with Gasteiger partial charge in [0.25, 0.3) is 0 Å². The highest BCUT2D eigenvalue weighted by molar-refractivity contribution is 9.10. The Hall–Kier alpha value is -0.230. The van der Waals surface area contributed by atoms with Crippen molar-refractivity contribution in [3.8, 4) is 9.88 Å².